The summed E-state index contributed by atoms with van der Waals surface area (Å²) in [6, 6.07) is -9.49. The van der Waals surface area contributed by atoms with Gasteiger partial charge in [-0.3, -0.25) is 57.5 Å². The molecule has 2 bridgehead atoms. The van der Waals surface area contributed by atoms with Crippen LogP contribution in [0.2, 0.25) is 0 Å². The molecule has 8 aliphatic rings. The van der Waals surface area contributed by atoms with Crippen molar-refractivity contribution in [3.05, 3.63) is 12.2 Å². The van der Waals surface area contributed by atoms with Crippen LogP contribution in [-0.2, 0) is 62.3 Å². The van der Waals surface area contributed by atoms with Gasteiger partial charge in [0.2, 0.25) is 70.9 Å². The van der Waals surface area contributed by atoms with Gasteiger partial charge in [-0.15, -0.1) is 0 Å². The molecule has 104 heavy (non-hydrogen) atoms. The Kier molecular flexibility index (Phi) is 30.0. The van der Waals surface area contributed by atoms with Gasteiger partial charge in [0.15, 0.2) is 0 Å². The third-order valence-corrected chi connectivity index (χ3v) is 25.3. The topological polar surface area (TPSA) is 279 Å². The molecular weight excluding hydrogens is 1330 g/mol. The molecule has 2 saturated heterocycles. The lowest BCUT2D eigenvalue weighted by molar-refractivity contribution is -0.158. The van der Waals surface area contributed by atoms with Crippen LogP contribution in [0.3, 0.4) is 0 Å². The van der Waals surface area contributed by atoms with E-state index in [4.69, 9.17) is 4.74 Å². The predicted octanol–water partition coefficient (Wildman–Crippen LogP) is 6.24. The highest BCUT2D eigenvalue weighted by Crippen LogP contribution is 2.41. The molecule has 584 valence electrons. The van der Waals surface area contributed by atoms with E-state index in [1.807, 2.05) is 32.9 Å². The average Bonchev–Trinajstić information content (AvgIpc) is 0.783. The van der Waals surface area contributed by atoms with Crippen LogP contribution in [0.15, 0.2) is 12.2 Å². The van der Waals surface area contributed by atoms with Gasteiger partial charge in [-0.25, -0.2) is 4.39 Å². The Morgan fingerprint density at radius 1 is 0.635 bits per heavy atom. The van der Waals surface area contributed by atoms with E-state index in [2.05, 4.69) is 22.9 Å². The van der Waals surface area contributed by atoms with E-state index >= 15 is 42.7 Å². The summed E-state index contributed by atoms with van der Waals surface area (Å²) in [5.74, 6) is -7.46. The van der Waals surface area contributed by atoms with Crippen molar-refractivity contribution in [2.24, 2.45) is 41.4 Å². The normalized spacial score (nSPS) is 32.6. The van der Waals surface area contributed by atoms with E-state index in [0.717, 1.165) is 70.6 Å². The zero-order valence-electron chi connectivity index (χ0n) is 65.0. The second-order valence-electron chi connectivity index (χ2n) is 32.7. The number of hydrogen-bond acceptors (Lipinski definition) is 13. The maximum atomic E-state index is 15.7. The Morgan fingerprint density at radius 2 is 1.27 bits per heavy atom. The number of nitrogens with zero attached hydrogens (tertiary/aromatic N) is 9. The van der Waals surface area contributed by atoms with E-state index in [1.54, 1.807) is 11.8 Å². The second kappa shape index (κ2) is 37.7. The second-order valence-corrected chi connectivity index (χ2v) is 32.7. The van der Waals surface area contributed by atoms with Crippen LogP contribution in [0, 0.1) is 41.4 Å². The summed E-state index contributed by atoms with van der Waals surface area (Å²) in [6.45, 7) is 8.98. The summed E-state index contributed by atoms with van der Waals surface area (Å²) in [5.41, 5.74) is -1.52. The molecule has 3 N–H and O–H groups in total. The summed E-state index contributed by atoms with van der Waals surface area (Å²) in [4.78, 5) is 195. The summed E-state index contributed by atoms with van der Waals surface area (Å²) in [7, 11) is 12.0. The SMILES string of the molecule is CCO[C@@H]1C[C@H]2C(=O)NC3(CCC3)C(=O)N(C)[C@@H](C3CCCC3)C(=O)N(C)[C@H](C(=O)N(C)C)CC(=O)N(C)[C@@H](CC3CCCC3)C(=O)N[C@@H]([C@@H](C)CC)C(=O)N(C)CC(=O)N(C)[C@H]3C/C=C\CCN(C3=O)[C@@H](CC3CCC(C)CC3)C(=O)N(C)CC(=O)N[C@@H](CCC3CCC(CC)C(F)C3)C(=O)N2C1. The van der Waals surface area contributed by atoms with Crippen LogP contribution < -0.4 is 16.0 Å². The van der Waals surface area contributed by atoms with Gasteiger partial charge >= 0.3 is 0 Å². The van der Waals surface area contributed by atoms with Gasteiger partial charge in [-0.1, -0.05) is 117 Å². The van der Waals surface area contributed by atoms with Crippen molar-refractivity contribution in [2.75, 3.05) is 89.2 Å². The van der Waals surface area contributed by atoms with E-state index < -0.39 is 162 Å². The highest BCUT2D eigenvalue weighted by atomic mass is 19.1. The van der Waals surface area contributed by atoms with Crippen molar-refractivity contribution in [1.82, 2.24) is 60.0 Å². The molecule has 8 rings (SSSR count). The smallest absolute Gasteiger partial charge is 0.248 e. The standard InChI is InChI=1S/C78H127FN12O13/c1-14-50(5)67-75(101)85(9)48-66(94)86(10)59-29-18-17-23-40-90(74(59)100)63(43-53-32-30-49(4)31-33-53)73(99)84(8)47-64(92)80-58(37-35-52-34-36-54(15-2)57(79)41-52)71(97)91-46-56(104-16-3)44-61(91)70(96)82-78(38-24-39-78)77(103)89(13)68(55-27-21-22-28-55)76(102)88(12)62(72(98)83(6)7)45-65(93)87(11)60(69(95)81-67)42-51-25-19-20-26-51/h17-18,49-63,67-68H,14-16,19-48H2,1-13H3,(H,80,92)(H,81,95)(H,82,96)/b18-17-/t49?,50-,52?,53?,54?,56+,57?,58-,59-,60-,61-,62-,63-,67-,68-/m0/s1. The van der Waals surface area contributed by atoms with Gasteiger partial charge in [0.25, 0.3) is 0 Å². The fourth-order valence-corrected chi connectivity index (χ4v) is 18.0. The molecule has 5 saturated carbocycles. The number of carbonyl (C=O) groups is 12. The first kappa shape index (κ1) is 82.9. The predicted molar refractivity (Wildman–Crippen MR) is 392 cm³/mol. The molecule has 3 heterocycles. The number of rotatable bonds is 14. The summed E-state index contributed by atoms with van der Waals surface area (Å²) >= 11 is 0. The monoisotopic (exact) mass is 1460 g/mol. The molecule has 25 nitrogen and oxygen atoms in total. The van der Waals surface area contributed by atoms with Crippen LogP contribution in [-0.4, -0.2) is 270 Å². The van der Waals surface area contributed by atoms with Gasteiger partial charge in [0.1, 0.15) is 60.0 Å². The Balaban J connectivity index is 1.19. The number of nitrogens with one attached hydrogen (secondary N) is 3. The van der Waals surface area contributed by atoms with Gasteiger partial charge in [0, 0.05) is 82.5 Å². The van der Waals surface area contributed by atoms with Crippen LogP contribution in [0.25, 0.3) is 0 Å². The van der Waals surface area contributed by atoms with Crippen LogP contribution >= 0.6 is 0 Å². The lowest BCUT2D eigenvalue weighted by Crippen LogP contribution is -2.68. The Bertz CT molecular complexity index is 3060. The van der Waals surface area contributed by atoms with Crippen LogP contribution in [0.1, 0.15) is 214 Å². The summed E-state index contributed by atoms with van der Waals surface area (Å²) < 4.78 is 21.8. The van der Waals surface area contributed by atoms with Crippen LogP contribution in [0.5, 0.6) is 0 Å². The van der Waals surface area contributed by atoms with Gasteiger partial charge < -0.3 is 64.8 Å². The van der Waals surface area contributed by atoms with E-state index in [-0.39, 0.29) is 94.2 Å². The Hall–Kier alpha value is -6.73. The van der Waals surface area contributed by atoms with Crippen molar-refractivity contribution in [2.45, 2.75) is 281 Å². The van der Waals surface area contributed by atoms with Crippen LogP contribution in [0.4, 0.5) is 4.39 Å². The minimum atomic E-state index is -1.52. The molecule has 0 aromatic heterocycles. The average molecular weight is 1460 g/mol. The molecule has 1 spiro atoms. The van der Waals surface area contributed by atoms with Crippen molar-refractivity contribution in [3.63, 3.8) is 0 Å². The molecule has 0 aromatic rings. The number of amides is 12. The molecule has 0 aromatic carbocycles. The maximum Gasteiger partial charge on any atom is 0.248 e. The zero-order valence-corrected chi connectivity index (χ0v) is 65.0. The lowest BCUT2D eigenvalue weighted by atomic mass is 9.74. The minimum Gasteiger partial charge on any atom is -0.377 e. The lowest BCUT2D eigenvalue weighted by Gasteiger charge is -2.46. The summed E-state index contributed by atoms with van der Waals surface area (Å²) in [6.07, 6.45) is 16.5. The Labute approximate surface area is 618 Å². The first-order chi connectivity index (χ1) is 49.4. The highest BCUT2D eigenvalue weighted by molar-refractivity contribution is 6.01. The fourth-order valence-electron chi connectivity index (χ4n) is 18.0. The number of halogens is 1. The van der Waals surface area contributed by atoms with E-state index in [9.17, 15) is 19.2 Å². The number of fused-ring (bicyclic) bond motifs is 3. The van der Waals surface area contributed by atoms with Gasteiger partial charge in [-0.2, -0.15) is 0 Å². The third-order valence-electron chi connectivity index (χ3n) is 25.3. The molecule has 3 aliphatic heterocycles. The number of ether oxygens (including phenoxy) is 1. The molecule has 3 unspecified atom stereocenters. The Morgan fingerprint density at radius 3 is 1.88 bits per heavy atom. The minimum absolute atomic E-state index is 0.0371. The number of likely N-dealkylation sites (N-methyl/N-ethyl adjacent to an activating group) is 7. The van der Waals surface area contributed by atoms with Crippen molar-refractivity contribution >= 4 is 70.9 Å². The van der Waals surface area contributed by atoms with E-state index in [0.29, 0.717) is 63.7 Å². The zero-order chi connectivity index (χ0) is 76.0. The molecular formula is C78H127FN12O13. The fraction of sp³-hybridized carbons (Fsp3) is 0.821. The first-order valence-corrected chi connectivity index (χ1v) is 39.6. The number of hydrogen-bond donors (Lipinski definition) is 3. The highest BCUT2D eigenvalue weighted by Gasteiger charge is 2.54. The summed E-state index contributed by atoms with van der Waals surface area (Å²) in [5, 5.41) is 9.08. The molecule has 7 fully saturated rings. The molecule has 13 atom stereocenters. The van der Waals surface area contributed by atoms with E-state index in [1.165, 1.54) is 95.6 Å². The molecule has 26 heteroatoms. The van der Waals surface area contributed by atoms with Crippen molar-refractivity contribution < 1.29 is 66.7 Å². The third kappa shape index (κ3) is 20.1. The van der Waals surface area contributed by atoms with Gasteiger partial charge in [-0.05, 0) is 138 Å². The van der Waals surface area contributed by atoms with Gasteiger partial charge in [0.05, 0.1) is 25.6 Å². The number of alkyl halides is 1. The first-order valence-electron chi connectivity index (χ1n) is 39.6. The van der Waals surface area contributed by atoms with Crippen molar-refractivity contribution in [3.8, 4) is 0 Å². The molecule has 12 amide bonds. The quantitative estimate of drug-likeness (QED) is 0.163. The molecule has 0 radical (unpaired) electrons. The van der Waals surface area contributed by atoms with Crippen molar-refractivity contribution in [1.29, 1.82) is 0 Å². The maximum absolute atomic E-state index is 15.7. The molecule has 5 aliphatic carbocycles. The largest absolute Gasteiger partial charge is 0.377 e. The number of carbonyl (C=O) groups excluding carboxylic acids is 12.